The van der Waals surface area contributed by atoms with Crippen LogP contribution < -0.4 is 11.2 Å². The highest BCUT2D eigenvalue weighted by Gasteiger charge is 2.26. The van der Waals surface area contributed by atoms with Crippen molar-refractivity contribution in [1.82, 2.24) is 35.6 Å². The maximum absolute atomic E-state index is 13.0. The number of carbonyl (C=O) groups is 1. The number of nitrogens with two attached hydrogens (primary N) is 1. The van der Waals surface area contributed by atoms with E-state index in [-0.39, 0.29) is 17.3 Å². The number of nitrogens with one attached hydrogen (secondary N) is 1. The van der Waals surface area contributed by atoms with Crippen molar-refractivity contribution in [2.75, 3.05) is 32.0 Å². The first-order valence-electron chi connectivity index (χ1n) is 9.35. The van der Waals surface area contributed by atoms with E-state index in [9.17, 15) is 4.79 Å². The highest BCUT2D eigenvalue weighted by molar-refractivity contribution is 5.95. The molecular formula is C18H21N9O3. The number of aryl methyl sites for hydroxylation is 1. The van der Waals surface area contributed by atoms with Gasteiger partial charge in [0.15, 0.2) is 5.69 Å². The van der Waals surface area contributed by atoms with Crippen LogP contribution in [0.5, 0.6) is 0 Å². The molecule has 0 bridgehead atoms. The van der Waals surface area contributed by atoms with Crippen LogP contribution >= 0.6 is 0 Å². The van der Waals surface area contributed by atoms with Gasteiger partial charge in [-0.15, -0.1) is 5.10 Å². The van der Waals surface area contributed by atoms with Crippen LogP contribution in [0.15, 0.2) is 34.0 Å². The van der Waals surface area contributed by atoms with Gasteiger partial charge in [0.25, 0.3) is 5.91 Å². The van der Waals surface area contributed by atoms with Crippen LogP contribution in [0.4, 0.5) is 5.82 Å². The molecule has 1 fully saturated rings. The Morgan fingerprint density at radius 1 is 1.30 bits per heavy atom. The third kappa shape index (κ3) is 4.18. The number of aromatic nitrogens is 5. The Bertz CT molecular complexity index is 1050. The molecule has 0 radical (unpaired) electrons. The van der Waals surface area contributed by atoms with Gasteiger partial charge in [-0.1, -0.05) is 29.5 Å². The smallest absolute Gasteiger partial charge is 0.292 e. The van der Waals surface area contributed by atoms with E-state index in [2.05, 4.69) is 40.7 Å². The van der Waals surface area contributed by atoms with Gasteiger partial charge < -0.3 is 10.5 Å². The molecular weight excluding hydrogens is 390 g/mol. The fourth-order valence-electron chi connectivity index (χ4n) is 3.05. The van der Waals surface area contributed by atoms with Crippen LogP contribution in [0, 0.1) is 6.92 Å². The summed E-state index contributed by atoms with van der Waals surface area (Å²) in [6.45, 7) is 5.08. The van der Waals surface area contributed by atoms with E-state index >= 15 is 0 Å². The molecule has 0 aliphatic carbocycles. The van der Waals surface area contributed by atoms with Crippen molar-refractivity contribution in [2.45, 2.75) is 13.5 Å². The molecule has 4 rings (SSSR count). The largest absolute Gasteiger partial charge is 0.379 e. The number of anilines is 1. The molecule has 2 aromatic heterocycles. The summed E-state index contributed by atoms with van der Waals surface area (Å²) in [5.74, 6) is -0.422. The monoisotopic (exact) mass is 411 g/mol. The molecule has 1 saturated heterocycles. The second-order valence-electron chi connectivity index (χ2n) is 6.71. The Kier molecular flexibility index (Phi) is 5.77. The molecule has 156 valence electrons. The highest BCUT2D eigenvalue weighted by Crippen LogP contribution is 2.17. The topological polar surface area (TPSA) is 150 Å². The van der Waals surface area contributed by atoms with Crippen molar-refractivity contribution in [3.63, 3.8) is 0 Å². The average Bonchev–Trinajstić information content (AvgIpc) is 3.36. The standard InChI is InChI=1S/C18H21N9O3/c1-12-4-2-3-5-13(12)10-20-22-18(28)15-14(11-26-6-8-29-9-7-26)21-25-27(15)17-16(19)23-30-24-17/h2-5,10H,6-9,11H2,1H3,(H2,19,23)(H,22,28)/b20-10-. The van der Waals surface area contributed by atoms with Crippen molar-refractivity contribution in [3.05, 3.63) is 46.8 Å². The molecule has 0 saturated carbocycles. The van der Waals surface area contributed by atoms with Crippen molar-refractivity contribution in [1.29, 1.82) is 0 Å². The van der Waals surface area contributed by atoms with Gasteiger partial charge in [-0.25, -0.2) is 10.1 Å². The van der Waals surface area contributed by atoms with Crippen LogP contribution in [-0.2, 0) is 11.3 Å². The third-order valence-electron chi connectivity index (χ3n) is 4.69. The minimum absolute atomic E-state index is 0.00437. The third-order valence-corrected chi connectivity index (χ3v) is 4.69. The van der Waals surface area contributed by atoms with Crippen LogP contribution in [0.3, 0.4) is 0 Å². The SMILES string of the molecule is Cc1ccccc1/C=N\NC(=O)c1c(CN2CCOCC2)nnn1-c1nonc1N. The van der Waals surface area contributed by atoms with Gasteiger partial charge >= 0.3 is 0 Å². The number of rotatable bonds is 6. The van der Waals surface area contributed by atoms with E-state index in [1.807, 2.05) is 31.2 Å². The van der Waals surface area contributed by atoms with Gasteiger partial charge in [0.2, 0.25) is 11.6 Å². The lowest BCUT2D eigenvalue weighted by Crippen LogP contribution is -2.36. The summed E-state index contributed by atoms with van der Waals surface area (Å²) in [5.41, 5.74) is 10.9. The van der Waals surface area contributed by atoms with E-state index in [4.69, 9.17) is 10.5 Å². The predicted molar refractivity (Wildman–Crippen MR) is 106 cm³/mol. The van der Waals surface area contributed by atoms with E-state index in [1.165, 1.54) is 4.68 Å². The molecule has 1 aliphatic heterocycles. The zero-order valence-electron chi connectivity index (χ0n) is 16.4. The minimum Gasteiger partial charge on any atom is -0.379 e. The molecule has 1 aromatic carbocycles. The molecule has 0 spiro atoms. The van der Waals surface area contributed by atoms with E-state index in [1.54, 1.807) is 6.21 Å². The Labute approximate surface area is 171 Å². The second-order valence-corrected chi connectivity index (χ2v) is 6.71. The summed E-state index contributed by atoms with van der Waals surface area (Å²) in [4.78, 5) is 15.1. The Balaban J connectivity index is 1.60. The minimum atomic E-state index is -0.504. The van der Waals surface area contributed by atoms with Crippen LogP contribution in [0.2, 0.25) is 0 Å². The first kappa shape index (κ1) is 19.7. The molecule has 30 heavy (non-hydrogen) atoms. The second kappa shape index (κ2) is 8.80. The van der Waals surface area contributed by atoms with Crippen LogP contribution in [-0.4, -0.2) is 68.6 Å². The number of nitrogens with zero attached hydrogens (tertiary/aromatic N) is 7. The number of nitrogen functional groups attached to an aromatic ring is 1. The van der Waals surface area contributed by atoms with E-state index < -0.39 is 5.91 Å². The van der Waals surface area contributed by atoms with Crippen LogP contribution in [0.1, 0.15) is 27.3 Å². The highest BCUT2D eigenvalue weighted by atomic mass is 16.6. The van der Waals surface area contributed by atoms with Crippen molar-refractivity contribution in [3.8, 4) is 5.82 Å². The fourth-order valence-corrected chi connectivity index (χ4v) is 3.05. The lowest BCUT2D eigenvalue weighted by molar-refractivity contribution is 0.0335. The first-order valence-corrected chi connectivity index (χ1v) is 9.35. The molecule has 3 heterocycles. The van der Waals surface area contributed by atoms with Gasteiger partial charge in [-0.2, -0.15) is 9.78 Å². The summed E-state index contributed by atoms with van der Waals surface area (Å²) in [5, 5.41) is 19.5. The quantitative estimate of drug-likeness (QED) is 0.426. The van der Waals surface area contributed by atoms with E-state index in [0.29, 0.717) is 25.5 Å². The van der Waals surface area contributed by atoms with Crippen molar-refractivity contribution in [2.24, 2.45) is 5.10 Å². The Morgan fingerprint density at radius 2 is 2.10 bits per heavy atom. The van der Waals surface area contributed by atoms with Crippen molar-refractivity contribution >= 4 is 17.9 Å². The lowest BCUT2D eigenvalue weighted by Gasteiger charge is -2.25. The first-order chi connectivity index (χ1) is 14.6. The average molecular weight is 411 g/mol. The fraction of sp³-hybridized carbons (Fsp3) is 0.333. The number of benzene rings is 1. The summed E-state index contributed by atoms with van der Waals surface area (Å²) >= 11 is 0. The Hall–Kier alpha value is -3.64. The molecule has 0 unspecified atom stereocenters. The molecule has 0 atom stereocenters. The molecule has 3 N–H and O–H groups in total. The zero-order valence-corrected chi connectivity index (χ0v) is 16.4. The van der Waals surface area contributed by atoms with Gasteiger partial charge in [0.05, 0.1) is 19.4 Å². The van der Waals surface area contributed by atoms with Crippen molar-refractivity contribution < 1.29 is 14.2 Å². The normalized spacial score (nSPS) is 15.0. The molecule has 12 heteroatoms. The van der Waals surface area contributed by atoms with Gasteiger partial charge in [-0.3, -0.25) is 9.69 Å². The molecule has 1 amide bonds. The molecule has 3 aromatic rings. The summed E-state index contributed by atoms with van der Waals surface area (Å²) in [6, 6.07) is 7.70. The van der Waals surface area contributed by atoms with Gasteiger partial charge in [-0.05, 0) is 28.4 Å². The van der Waals surface area contributed by atoms with Gasteiger partial charge in [0, 0.05) is 19.6 Å². The number of carbonyl (C=O) groups excluding carboxylic acids is 1. The number of hydrogen-bond acceptors (Lipinski definition) is 10. The number of hydrogen-bond donors (Lipinski definition) is 2. The Morgan fingerprint density at radius 3 is 2.83 bits per heavy atom. The van der Waals surface area contributed by atoms with Crippen LogP contribution in [0.25, 0.3) is 5.82 Å². The number of ether oxygens (including phenoxy) is 1. The summed E-state index contributed by atoms with van der Waals surface area (Å²) < 4.78 is 11.2. The maximum Gasteiger partial charge on any atom is 0.292 e. The predicted octanol–water partition coefficient (Wildman–Crippen LogP) is 0.137. The number of morpholine rings is 1. The number of amides is 1. The van der Waals surface area contributed by atoms with E-state index in [0.717, 1.165) is 24.2 Å². The lowest BCUT2D eigenvalue weighted by atomic mass is 10.1. The molecule has 12 nitrogen and oxygen atoms in total. The zero-order chi connectivity index (χ0) is 20.9. The molecule has 1 aliphatic rings. The summed E-state index contributed by atoms with van der Waals surface area (Å²) in [6.07, 6.45) is 1.58. The van der Waals surface area contributed by atoms with Gasteiger partial charge in [0.1, 0.15) is 5.69 Å². The maximum atomic E-state index is 13.0. The number of hydrazone groups is 1. The summed E-state index contributed by atoms with van der Waals surface area (Å²) in [7, 11) is 0.